The molecule has 0 unspecified atom stereocenters. The van der Waals surface area contributed by atoms with Gasteiger partial charge >= 0.3 is 0 Å². The molecule has 4 aromatic rings. The van der Waals surface area contributed by atoms with Crippen molar-refractivity contribution in [1.82, 2.24) is 14.9 Å². The van der Waals surface area contributed by atoms with Crippen LogP contribution in [0.2, 0.25) is 5.02 Å². The Morgan fingerprint density at radius 1 is 0.949 bits per heavy atom. The van der Waals surface area contributed by atoms with Crippen molar-refractivity contribution in [2.75, 3.05) is 22.9 Å². The third-order valence-electron chi connectivity index (χ3n) is 7.71. The lowest BCUT2D eigenvalue weighted by Gasteiger charge is -2.37. The summed E-state index contributed by atoms with van der Waals surface area (Å²) >= 11 is 12.9. The number of halogens is 2. The maximum Gasteiger partial charge on any atom is 0.174 e. The number of anilines is 2. The van der Waals surface area contributed by atoms with E-state index in [4.69, 9.17) is 23.8 Å². The number of aromatic nitrogens is 2. The normalized spacial score (nSPS) is 23.2. The zero-order valence-corrected chi connectivity index (χ0v) is 23.5. The van der Waals surface area contributed by atoms with Gasteiger partial charge in [0.15, 0.2) is 5.11 Å². The molecule has 4 heterocycles. The molecule has 0 spiro atoms. The molecule has 6 rings (SSSR count). The number of hydrogen-bond acceptors (Lipinski definition) is 3. The first kappa shape index (κ1) is 25.8. The van der Waals surface area contributed by atoms with Crippen molar-refractivity contribution in [1.29, 1.82) is 0 Å². The predicted octanol–water partition coefficient (Wildman–Crippen LogP) is 7.32. The van der Waals surface area contributed by atoms with E-state index in [2.05, 4.69) is 56.7 Å². The minimum Gasteiger partial charge on any atom is -0.370 e. The number of nitrogens with zero attached hydrogens (tertiary/aromatic N) is 4. The summed E-state index contributed by atoms with van der Waals surface area (Å²) in [7, 11) is 0. The summed E-state index contributed by atoms with van der Waals surface area (Å²) in [5.74, 6) is 0.988. The molecule has 2 saturated heterocycles. The first-order chi connectivity index (χ1) is 18.9. The third kappa shape index (κ3) is 5.01. The zero-order chi connectivity index (χ0) is 27.1. The molecule has 1 N–H and O–H groups in total. The molecular formula is C31H31ClFN5S. The minimum atomic E-state index is -0.267. The lowest BCUT2D eigenvalue weighted by atomic mass is 9.91. The summed E-state index contributed by atoms with van der Waals surface area (Å²) in [4.78, 5) is 9.19. The maximum atomic E-state index is 13.7. The molecule has 2 aromatic carbocycles. The molecule has 5 nitrogen and oxygen atoms in total. The van der Waals surface area contributed by atoms with Gasteiger partial charge in [-0.25, -0.2) is 4.39 Å². The van der Waals surface area contributed by atoms with Crippen molar-refractivity contribution >= 4 is 40.3 Å². The van der Waals surface area contributed by atoms with Crippen LogP contribution in [0.1, 0.15) is 43.7 Å². The highest BCUT2D eigenvalue weighted by Gasteiger charge is 2.42. The highest BCUT2D eigenvalue weighted by atomic mass is 35.5. The topological polar surface area (TPSA) is 36.3 Å². The maximum absolute atomic E-state index is 13.7. The monoisotopic (exact) mass is 559 g/mol. The van der Waals surface area contributed by atoms with Gasteiger partial charge in [-0.2, -0.15) is 0 Å². The average Bonchev–Trinajstić information content (AvgIpc) is 3.53. The fourth-order valence-electron chi connectivity index (χ4n) is 6.17. The SMILES string of the molecule is C[C@H]1C[C@H](C)CN(c2ccc(N3C(=S)N[C@@H](c4ccccn4)[C@@H]3c3cccn3-c3ccc(F)cc3)cc2Cl)C1. The van der Waals surface area contributed by atoms with Crippen LogP contribution in [0.15, 0.2) is 85.2 Å². The standard InChI is InChI=1S/C31H31ClFN5S/c1-20-16-21(2)19-36(18-20)27-13-12-24(17-25(27)32)38-30(29(35-31(38)39)26-6-3-4-14-34-26)28-7-5-15-37(28)23-10-8-22(33)9-11-23/h3-15,17,20-21,29-30H,16,18-19H2,1-2H3,(H,35,39)/t20-,21-,29-,30-/m0/s1. The summed E-state index contributed by atoms with van der Waals surface area (Å²) in [5.41, 5.74) is 4.73. The summed E-state index contributed by atoms with van der Waals surface area (Å²) in [6.07, 6.45) is 5.03. The van der Waals surface area contributed by atoms with Crippen molar-refractivity contribution in [3.05, 3.63) is 107 Å². The molecule has 0 saturated carbocycles. The smallest absolute Gasteiger partial charge is 0.174 e. The first-order valence-corrected chi connectivity index (χ1v) is 14.2. The number of benzene rings is 2. The van der Waals surface area contributed by atoms with Gasteiger partial charge in [0.1, 0.15) is 11.9 Å². The Balaban J connectivity index is 1.42. The van der Waals surface area contributed by atoms with E-state index >= 15 is 0 Å². The fraction of sp³-hybridized carbons (Fsp3) is 0.290. The molecule has 39 heavy (non-hydrogen) atoms. The molecule has 0 bridgehead atoms. The van der Waals surface area contributed by atoms with E-state index in [9.17, 15) is 4.39 Å². The number of rotatable bonds is 5. The zero-order valence-electron chi connectivity index (χ0n) is 22.0. The van der Waals surface area contributed by atoms with Gasteiger partial charge in [0.05, 0.1) is 22.4 Å². The summed E-state index contributed by atoms with van der Waals surface area (Å²) < 4.78 is 15.8. The van der Waals surface area contributed by atoms with Crippen molar-refractivity contribution in [3.8, 4) is 5.69 Å². The molecule has 8 heteroatoms. The van der Waals surface area contributed by atoms with Crippen LogP contribution in [-0.2, 0) is 0 Å². The van der Waals surface area contributed by atoms with E-state index in [0.29, 0.717) is 22.0 Å². The second kappa shape index (κ2) is 10.6. The highest BCUT2D eigenvalue weighted by Crippen LogP contribution is 2.44. The van der Waals surface area contributed by atoms with Gasteiger partial charge in [0.25, 0.3) is 0 Å². The second-order valence-corrected chi connectivity index (χ2v) is 11.6. The lowest BCUT2D eigenvalue weighted by molar-refractivity contribution is 0.357. The van der Waals surface area contributed by atoms with Crippen LogP contribution in [-0.4, -0.2) is 27.8 Å². The summed E-state index contributed by atoms with van der Waals surface area (Å²) in [6, 6.07) is 22.3. The molecular weight excluding hydrogens is 529 g/mol. The van der Waals surface area contributed by atoms with Gasteiger partial charge in [-0.05, 0) is 97.2 Å². The minimum absolute atomic E-state index is 0.199. The van der Waals surface area contributed by atoms with Gasteiger partial charge in [0.2, 0.25) is 0 Å². The Morgan fingerprint density at radius 2 is 1.69 bits per heavy atom. The molecule has 2 aliphatic rings. The molecule has 200 valence electrons. The van der Waals surface area contributed by atoms with Crippen LogP contribution < -0.4 is 15.1 Å². The van der Waals surface area contributed by atoms with Crippen LogP contribution in [0.4, 0.5) is 15.8 Å². The fourth-order valence-corrected chi connectivity index (χ4v) is 6.81. The van der Waals surface area contributed by atoms with Gasteiger partial charge in [-0.15, -0.1) is 0 Å². The van der Waals surface area contributed by atoms with Crippen molar-refractivity contribution in [2.45, 2.75) is 32.4 Å². The lowest BCUT2D eigenvalue weighted by Crippen LogP contribution is -2.38. The van der Waals surface area contributed by atoms with E-state index in [1.165, 1.54) is 18.6 Å². The van der Waals surface area contributed by atoms with Crippen LogP contribution >= 0.6 is 23.8 Å². The van der Waals surface area contributed by atoms with Gasteiger partial charge < -0.3 is 19.7 Å². The highest BCUT2D eigenvalue weighted by molar-refractivity contribution is 7.80. The predicted molar refractivity (Wildman–Crippen MR) is 160 cm³/mol. The second-order valence-electron chi connectivity index (χ2n) is 10.8. The van der Waals surface area contributed by atoms with Crippen molar-refractivity contribution in [2.24, 2.45) is 11.8 Å². The Labute approximate surface area is 239 Å². The molecule has 0 amide bonds. The van der Waals surface area contributed by atoms with E-state index < -0.39 is 0 Å². The van der Waals surface area contributed by atoms with Gasteiger partial charge in [-0.1, -0.05) is 31.5 Å². The number of nitrogens with one attached hydrogen (secondary N) is 1. The number of pyridine rings is 1. The summed E-state index contributed by atoms with van der Waals surface area (Å²) in [5, 5.41) is 4.84. The third-order valence-corrected chi connectivity index (χ3v) is 8.32. The summed E-state index contributed by atoms with van der Waals surface area (Å²) in [6.45, 7) is 6.61. The Hall–Kier alpha value is -3.42. The van der Waals surface area contributed by atoms with Gasteiger partial charge in [-0.3, -0.25) is 4.98 Å². The number of hydrogen-bond donors (Lipinski definition) is 1. The first-order valence-electron chi connectivity index (χ1n) is 13.4. The van der Waals surface area contributed by atoms with Crippen LogP contribution in [0.25, 0.3) is 5.69 Å². The van der Waals surface area contributed by atoms with Crippen LogP contribution in [0.5, 0.6) is 0 Å². The number of piperidine rings is 1. The number of thiocarbonyl (C=S) groups is 1. The molecule has 0 radical (unpaired) electrons. The van der Waals surface area contributed by atoms with Crippen molar-refractivity contribution < 1.29 is 4.39 Å². The Bertz CT molecular complexity index is 1460. The van der Waals surface area contributed by atoms with Crippen LogP contribution in [0.3, 0.4) is 0 Å². The van der Waals surface area contributed by atoms with Gasteiger partial charge in [0, 0.05) is 42.6 Å². The quantitative estimate of drug-likeness (QED) is 0.259. The van der Waals surface area contributed by atoms with E-state index in [-0.39, 0.29) is 17.9 Å². The molecule has 2 aromatic heterocycles. The molecule has 2 aliphatic heterocycles. The Kier molecular flexibility index (Phi) is 7.04. The van der Waals surface area contributed by atoms with Crippen LogP contribution in [0, 0.1) is 17.7 Å². The molecule has 4 atom stereocenters. The Morgan fingerprint density at radius 3 is 2.38 bits per heavy atom. The largest absolute Gasteiger partial charge is 0.370 e. The average molecular weight is 560 g/mol. The molecule has 0 aliphatic carbocycles. The molecule has 2 fully saturated rings. The van der Waals surface area contributed by atoms with Crippen molar-refractivity contribution in [3.63, 3.8) is 0 Å². The van der Waals surface area contributed by atoms with E-state index in [1.54, 1.807) is 18.3 Å². The van der Waals surface area contributed by atoms with E-state index in [1.807, 2.05) is 36.5 Å². The van der Waals surface area contributed by atoms with E-state index in [0.717, 1.165) is 41.5 Å².